The van der Waals surface area contributed by atoms with Gasteiger partial charge in [-0.15, -0.1) is 0 Å². The molecule has 0 aliphatic carbocycles. The zero-order valence-corrected chi connectivity index (χ0v) is 9.41. The van der Waals surface area contributed by atoms with E-state index >= 15 is 0 Å². The van der Waals surface area contributed by atoms with Gasteiger partial charge in [0.25, 0.3) is 0 Å². The molecule has 3 heteroatoms. The van der Waals surface area contributed by atoms with Crippen LogP contribution in [-0.2, 0) is 4.79 Å². The molecule has 1 rings (SSSR count). The Balaban J connectivity index is 2.95. The topological polar surface area (TPSA) is 37.3 Å². The van der Waals surface area contributed by atoms with Crippen molar-refractivity contribution in [2.24, 2.45) is 0 Å². The Morgan fingerprint density at radius 2 is 2.21 bits per heavy atom. The van der Waals surface area contributed by atoms with Crippen LogP contribution in [0.5, 0.6) is 0 Å². The molecule has 0 saturated carbocycles. The molecule has 0 amide bonds. The highest BCUT2D eigenvalue weighted by atomic mass is 79.9. The van der Waals surface area contributed by atoms with Crippen LogP contribution in [0.25, 0.3) is 0 Å². The molecule has 0 bridgehead atoms. The number of hydrogen-bond donors (Lipinski definition) is 1. The number of halogens is 1. The summed E-state index contributed by atoms with van der Waals surface area (Å²) in [6.07, 6.45) is -0.912. The van der Waals surface area contributed by atoms with E-state index in [0.29, 0.717) is 5.56 Å². The van der Waals surface area contributed by atoms with Crippen molar-refractivity contribution in [1.82, 2.24) is 0 Å². The van der Waals surface area contributed by atoms with Gasteiger partial charge in [0.1, 0.15) is 6.10 Å². The molecule has 2 nitrogen and oxygen atoms in total. The first-order valence-electron chi connectivity index (χ1n) is 4.15. The number of ketones is 1. The number of carbonyl (C=O) groups is 1. The maximum atomic E-state index is 11.0. The Morgan fingerprint density at radius 3 is 2.71 bits per heavy atom. The highest BCUT2D eigenvalue weighted by Gasteiger charge is 2.14. The Morgan fingerprint density at radius 1 is 1.57 bits per heavy atom. The highest BCUT2D eigenvalue weighted by molar-refractivity contribution is 9.10. The SMILES string of the molecule is C=C(C(C)=O)C(O)c1cccc(Br)c1. The van der Waals surface area contributed by atoms with Crippen LogP contribution in [0.15, 0.2) is 40.9 Å². The predicted molar refractivity (Wildman–Crippen MR) is 58.9 cm³/mol. The van der Waals surface area contributed by atoms with Crippen molar-refractivity contribution in [1.29, 1.82) is 0 Å². The second-order valence-corrected chi connectivity index (χ2v) is 3.95. The molecule has 0 saturated heterocycles. The van der Waals surface area contributed by atoms with Crippen LogP contribution in [0.3, 0.4) is 0 Å². The van der Waals surface area contributed by atoms with E-state index in [0.717, 1.165) is 4.47 Å². The number of rotatable bonds is 3. The van der Waals surface area contributed by atoms with E-state index in [1.165, 1.54) is 6.92 Å². The van der Waals surface area contributed by atoms with Crippen molar-refractivity contribution in [3.05, 3.63) is 46.5 Å². The Bertz CT molecular complexity index is 371. The first-order chi connectivity index (χ1) is 6.52. The van der Waals surface area contributed by atoms with Crippen molar-refractivity contribution >= 4 is 21.7 Å². The van der Waals surface area contributed by atoms with Crippen LogP contribution in [-0.4, -0.2) is 10.9 Å². The van der Waals surface area contributed by atoms with Crippen molar-refractivity contribution in [2.45, 2.75) is 13.0 Å². The molecule has 0 aliphatic rings. The molecule has 14 heavy (non-hydrogen) atoms. The number of aliphatic hydroxyl groups excluding tert-OH is 1. The molecule has 0 fully saturated rings. The molecule has 0 heterocycles. The van der Waals surface area contributed by atoms with Crippen LogP contribution in [0.4, 0.5) is 0 Å². The first kappa shape index (κ1) is 11.1. The van der Waals surface area contributed by atoms with Crippen molar-refractivity contribution in [3.63, 3.8) is 0 Å². The van der Waals surface area contributed by atoms with Gasteiger partial charge in [-0.1, -0.05) is 34.6 Å². The normalized spacial score (nSPS) is 12.2. The smallest absolute Gasteiger partial charge is 0.158 e. The molecule has 0 aliphatic heterocycles. The summed E-state index contributed by atoms with van der Waals surface area (Å²) in [6.45, 7) is 4.94. The Kier molecular flexibility index (Phi) is 3.61. The van der Waals surface area contributed by atoms with Gasteiger partial charge in [-0.2, -0.15) is 0 Å². The predicted octanol–water partition coefficient (Wildman–Crippen LogP) is 2.63. The third-order valence-corrected chi connectivity index (χ3v) is 2.44. The van der Waals surface area contributed by atoms with Gasteiger partial charge in [-0.05, 0) is 24.6 Å². The number of carbonyl (C=O) groups excluding carboxylic acids is 1. The molecule has 1 aromatic carbocycles. The molecule has 74 valence electrons. The molecule has 1 aromatic rings. The van der Waals surface area contributed by atoms with E-state index in [4.69, 9.17) is 0 Å². The fraction of sp³-hybridized carbons (Fsp3) is 0.182. The summed E-state index contributed by atoms with van der Waals surface area (Å²) < 4.78 is 0.866. The van der Waals surface area contributed by atoms with Crippen LogP contribution in [0.2, 0.25) is 0 Å². The summed E-state index contributed by atoms with van der Waals surface area (Å²) in [5.41, 5.74) is 0.877. The fourth-order valence-electron chi connectivity index (χ4n) is 1.07. The minimum atomic E-state index is -0.912. The molecule has 0 spiro atoms. The summed E-state index contributed by atoms with van der Waals surface area (Å²) in [5.74, 6) is -0.197. The summed E-state index contributed by atoms with van der Waals surface area (Å²) in [6, 6.07) is 7.17. The molecule has 1 N–H and O–H groups in total. The molecule has 1 atom stereocenters. The standard InChI is InChI=1S/C11H11BrO2/c1-7(8(2)13)11(14)9-4-3-5-10(12)6-9/h3-6,11,14H,1H2,2H3. The summed E-state index contributed by atoms with van der Waals surface area (Å²) in [5, 5.41) is 9.74. The summed E-state index contributed by atoms with van der Waals surface area (Å²) >= 11 is 3.29. The van der Waals surface area contributed by atoms with Gasteiger partial charge in [0.15, 0.2) is 5.78 Å². The van der Waals surface area contributed by atoms with E-state index in [9.17, 15) is 9.90 Å². The van der Waals surface area contributed by atoms with Gasteiger partial charge in [0, 0.05) is 10.0 Å². The third-order valence-electron chi connectivity index (χ3n) is 1.95. The molecule has 0 radical (unpaired) electrons. The van der Waals surface area contributed by atoms with Crippen molar-refractivity contribution in [3.8, 4) is 0 Å². The zero-order chi connectivity index (χ0) is 10.7. The zero-order valence-electron chi connectivity index (χ0n) is 7.83. The van der Waals surface area contributed by atoms with Gasteiger partial charge in [-0.3, -0.25) is 4.79 Å². The Labute approximate surface area is 91.4 Å². The highest BCUT2D eigenvalue weighted by Crippen LogP contribution is 2.23. The van der Waals surface area contributed by atoms with Crippen LogP contribution < -0.4 is 0 Å². The van der Waals surface area contributed by atoms with Crippen LogP contribution in [0.1, 0.15) is 18.6 Å². The second-order valence-electron chi connectivity index (χ2n) is 3.04. The summed E-state index contributed by atoms with van der Waals surface area (Å²) in [7, 11) is 0. The maximum absolute atomic E-state index is 11.0. The lowest BCUT2D eigenvalue weighted by molar-refractivity contribution is -0.114. The quantitative estimate of drug-likeness (QED) is 0.843. The lowest BCUT2D eigenvalue weighted by Crippen LogP contribution is -2.07. The summed E-state index contributed by atoms with van der Waals surface area (Å²) in [4.78, 5) is 11.0. The maximum Gasteiger partial charge on any atom is 0.158 e. The average molecular weight is 255 g/mol. The molecular weight excluding hydrogens is 244 g/mol. The molecular formula is C11H11BrO2. The second kappa shape index (κ2) is 4.53. The van der Waals surface area contributed by atoms with Crippen molar-refractivity contribution < 1.29 is 9.90 Å². The van der Waals surface area contributed by atoms with E-state index in [1.807, 2.05) is 6.07 Å². The van der Waals surface area contributed by atoms with Gasteiger partial charge in [0.05, 0.1) is 0 Å². The minimum Gasteiger partial charge on any atom is -0.384 e. The minimum absolute atomic E-state index is 0.197. The fourth-order valence-corrected chi connectivity index (χ4v) is 1.49. The van der Waals surface area contributed by atoms with E-state index < -0.39 is 6.10 Å². The van der Waals surface area contributed by atoms with E-state index in [2.05, 4.69) is 22.5 Å². The number of benzene rings is 1. The van der Waals surface area contributed by atoms with Crippen molar-refractivity contribution in [2.75, 3.05) is 0 Å². The molecule has 0 aromatic heterocycles. The molecule has 1 unspecified atom stereocenters. The van der Waals surface area contributed by atoms with Crippen LogP contribution >= 0.6 is 15.9 Å². The first-order valence-corrected chi connectivity index (χ1v) is 4.95. The van der Waals surface area contributed by atoms with Gasteiger partial charge >= 0.3 is 0 Å². The lowest BCUT2D eigenvalue weighted by atomic mass is 10.0. The number of Topliss-reactive ketones (excluding diaryl/α,β-unsaturated/α-hetero) is 1. The lowest BCUT2D eigenvalue weighted by Gasteiger charge is -2.11. The number of hydrogen-bond acceptors (Lipinski definition) is 2. The third kappa shape index (κ3) is 2.53. The average Bonchev–Trinajstić information content (AvgIpc) is 2.15. The largest absolute Gasteiger partial charge is 0.384 e. The van der Waals surface area contributed by atoms with Gasteiger partial charge in [-0.25, -0.2) is 0 Å². The van der Waals surface area contributed by atoms with Gasteiger partial charge < -0.3 is 5.11 Å². The van der Waals surface area contributed by atoms with Gasteiger partial charge in [0.2, 0.25) is 0 Å². The monoisotopic (exact) mass is 254 g/mol. The number of aliphatic hydroxyl groups is 1. The van der Waals surface area contributed by atoms with E-state index in [1.54, 1.807) is 18.2 Å². The Hall–Kier alpha value is -0.930. The van der Waals surface area contributed by atoms with E-state index in [-0.39, 0.29) is 11.4 Å². The van der Waals surface area contributed by atoms with Crippen LogP contribution in [0, 0.1) is 0 Å².